The fraction of sp³-hybridized carbons (Fsp3) is 0.389. The minimum absolute atomic E-state index is 0.0969. The maximum absolute atomic E-state index is 14.4. The maximum atomic E-state index is 14.4. The molecule has 128 valence electrons. The number of rotatable bonds is 5. The summed E-state index contributed by atoms with van der Waals surface area (Å²) in [7, 11) is 0. The Morgan fingerprint density at radius 3 is 2.79 bits per heavy atom. The lowest BCUT2D eigenvalue weighted by molar-refractivity contribution is -0.0592. The van der Waals surface area contributed by atoms with E-state index in [2.05, 4.69) is 16.0 Å². The van der Waals surface area contributed by atoms with E-state index in [1.54, 1.807) is 23.3 Å². The maximum Gasteiger partial charge on any atom is 0.132 e. The Bertz CT molecular complexity index is 717. The molecule has 0 spiro atoms. The first-order chi connectivity index (χ1) is 11.5. The third-order valence-corrected chi connectivity index (χ3v) is 4.71. The van der Waals surface area contributed by atoms with Crippen molar-refractivity contribution in [1.29, 1.82) is 0 Å². The van der Waals surface area contributed by atoms with E-state index < -0.39 is 17.2 Å². The first-order valence-electron chi connectivity index (χ1n) is 8.03. The van der Waals surface area contributed by atoms with Crippen molar-refractivity contribution < 1.29 is 13.9 Å². The Morgan fingerprint density at radius 1 is 1.33 bits per heavy atom. The van der Waals surface area contributed by atoms with Gasteiger partial charge in [0.1, 0.15) is 17.2 Å². The molecule has 0 fully saturated rings. The number of halogens is 2. The van der Waals surface area contributed by atoms with Gasteiger partial charge in [0.05, 0.1) is 12.9 Å². The predicted molar refractivity (Wildman–Crippen MR) is 87.3 cm³/mol. The van der Waals surface area contributed by atoms with Gasteiger partial charge in [0.2, 0.25) is 0 Å². The molecule has 4 nitrogen and oxygen atoms in total. The molecular weight excluding hydrogens is 312 g/mol. The molecule has 0 saturated carbocycles. The van der Waals surface area contributed by atoms with Crippen LogP contribution in [-0.2, 0) is 12.1 Å². The topological polar surface area (TPSA) is 41.3 Å². The first-order valence-corrected chi connectivity index (χ1v) is 8.03. The van der Waals surface area contributed by atoms with E-state index in [0.717, 1.165) is 19.0 Å². The molecule has 3 rings (SSSR count). The summed E-state index contributed by atoms with van der Waals surface area (Å²) in [5, 5.41) is 11.5. The smallest absolute Gasteiger partial charge is 0.132 e. The molecular formula is C18H21F2N3O. The molecule has 1 aliphatic heterocycles. The second-order valence-corrected chi connectivity index (χ2v) is 6.21. The van der Waals surface area contributed by atoms with Gasteiger partial charge < -0.3 is 9.67 Å². The van der Waals surface area contributed by atoms with Gasteiger partial charge in [-0.25, -0.2) is 13.8 Å². The van der Waals surface area contributed by atoms with E-state index >= 15 is 0 Å². The highest BCUT2D eigenvalue weighted by Crippen LogP contribution is 2.33. The lowest BCUT2D eigenvalue weighted by Gasteiger charge is -2.42. The summed E-state index contributed by atoms with van der Waals surface area (Å²) in [6, 6.07) is 2.97. The van der Waals surface area contributed by atoms with Crippen LogP contribution in [-0.4, -0.2) is 38.7 Å². The van der Waals surface area contributed by atoms with Gasteiger partial charge in [0, 0.05) is 43.2 Å². The van der Waals surface area contributed by atoms with Crippen LogP contribution in [0.15, 0.2) is 49.1 Å². The van der Waals surface area contributed by atoms with Crippen LogP contribution in [0.1, 0.15) is 18.9 Å². The third-order valence-electron chi connectivity index (χ3n) is 4.71. The van der Waals surface area contributed by atoms with Crippen LogP contribution in [0.3, 0.4) is 0 Å². The summed E-state index contributed by atoms with van der Waals surface area (Å²) in [6.07, 6.45) is 9.92. The Hall–Kier alpha value is -2.05. The number of hydrogen-bond acceptors (Lipinski definition) is 3. The molecule has 1 N–H and O–H groups in total. The van der Waals surface area contributed by atoms with Gasteiger partial charge in [0.25, 0.3) is 0 Å². The molecule has 0 radical (unpaired) electrons. The van der Waals surface area contributed by atoms with Gasteiger partial charge in [-0.05, 0) is 19.4 Å². The Kier molecular flexibility index (Phi) is 4.78. The fourth-order valence-electron chi connectivity index (χ4n) is 3.25. The van der Waals surface area contributed by atoms with E-state index in [1.807, 2.05) is 13.0 Å². The molecule has 1 aromatic carbocycles. The Morgan fingerprint density at radius 2 is 2.17 bits per heavy atom. The van der Waals surface area contributed by atoms with Crippen LogP contribution >= 0.6 is 0 Å². The minimum Gasteiger partial charge on any atom is -0.382 e. The zero-order valence-electron chi connectivity index (χ0n) is 13.6. The van der Waals surface area contributed by atoms with Crippen molar-refractivity contribution in [3.8, 4) is 0 Å². The molecule has 6 heteroatoms. The molecule has 0 amide bonds. The van der Waals surface area contributed by atoms with Crippen LogP contribution in [0.4, 0.5) is 8.78 Å². The Labute approximate surface area is 140 Å². The SMILES string of the molecule is C[C@H](N1CC=CCC1)[C@@](O)(Cn1ccnc1)c1ccc(F)cc1F. The largest absolute Gasteiger partial charge is 0.382 e. The van der Waals surface area contributed by atoms with Crippen molar-refractivity contribution in [3.05, 3.63) is 66.3 Å². The van der Waals surface area contributed by atoms with Crippen LogP contribution < -0.4 is 0 Å². The van der Waals surface area contributed by atoms with E-state index in [0.29, 0.717) is 6.54 Å². The summed E-state index contributed by atoms with van der Waals surface area (Å²) in [5.74, 6) is -1.40. The van der Waals surface area contributed by atoms with E-state index in [1.165, 1.54) is 12.1 Å². The van der Waals surface area contributed by atoms with Crippen molar-refractivity contribution in [2.24, 2.45) is 0 Å². The van der Waals surface area contributed by atoms with Crippen LogP contribution in [0.25, 0.3) is 0 Å². The highest BCUT2D eigenvalue weighted by atomic mass is 19.1. The van der Waals surface area contributed by atoms with Gasteiger partial charge in [-0.1, -0.05) is 18.2 Å². The lowest BCUT2D eigenvalue weighted by atomic mass is 9.85. The van der Waals surface area contributed by atoms with Crippen LogP contribution in [0.2, 0.25) is 0 Å². The lowest BCUT2D eigenvalue weighted by Crippen LogP contribution is -2.52. The van der Waals surface area contributed by atoms with Gasteiger partial charge in [-0.15, -0.1) is 0 Å². The second kappa shape index (κ2) is 6.83. The van der Waals surface area contributed by atoms with Crippen molar-refractivity contribution in [3.63, 3.8) is 0 Å². The van der Waals surface area contributed by atoms with E-state index in [-0.39, 0.29) is 18.2 Å². The molecule has 0 bridgehead atoms. The number of aromatic nitrogens is 2. The number of benzene rings is 1. The minimum atomic E-state index is -1.51. The number of nitrogens with zero attached hydrogens (tertiary/aromatic N) is 3. The monoisotopic (exact) mass is 333 g/mol. The van der Waals surface area contributed by atoms with Crippen molar-refractivity contribution >= 4 is 0 Å². The average molecular weight is 333 g/mol. The highest BCUT2D eigenvalue weighted by molar-refractivity contribution is 5.27. The summed E-state index contributed by atoms with van der Waals surface area (Å²) in [6.45, 7) is 3.48. The highest BCUT2D eigenvalue weighted by Gasteiger charge is 2.41. The standard InChI is InChI=1S/C18H21F2N3O/c1-14(23-8-3-2-4-9-23)18(24,12-22-10-7-21-13-22)16-6-5-15(19)11-17(16)20/h2-3,5-7,10-11,13-14,24H,4,8-9,12H2,1H3/t14-,18-/m0/s1. The molecule has 1 aromatic heterocycles. The fourth-order valence-corrected chi connectivity index (χ4v) is 3.25. The summed E-state index contributed by atoms with van der Waals surface area (Å²) in [5.41, 5.74) is -1.41. The molecule has 2 aromatic rings. The van der Waals surface area contributed by atoms with Gasteiger partial charge in [-0.3, -0.25) is 4.90 Å². The normalized spacial score (nSPS) is 19.2. The molecule has 0 saturated heterocycles. The predicted octanol–water partition coefficient (Wildman–Crippen LogP) is 2.70. The summed E-state index contributed by atoms with van der Waals surface area (Å²) in [4.78, 5) is 6.08. The van der Waals surface area contributed by atoms with Crippen molar-refractivity contribution in [2.75, 3.05) is 13.1 Å². The molecule has 0 unspecified atom stereocenters. The quantitative estimate of drug-likeness (QED) is 0.856. The summed E-state index contributed by atoms with van der Waals surface area (Å²) < 4.78 is 29.5. The van der Waals surface area contributed by atoms with Crippen molar-refractivity contribution in [2.45, 2.75) is 31.5 Å². The van der Waals surface area contributed by atoms with E-state index in [4.69, 9.17) is 0 Å². The number of hydrogen-bond donors (Lipinski definition) is 1. The Balaban J connectivity index is 2.00. The van der Waals surface area contributed by atoms with Crippen molar-refractivity contribution in [1.82, 2.24) is 14.5 Å². The van der Waals surface area contributed by atoms with Gasteiger partial charge in [-0.2, -0.15) is 0 Å². The molecule has 0 aliphatic carbocycles. The number of aliphatic hydroxyl groups is 1. The van der Waals surface area contributed by atoms with Gasteiger partial charge in [0.15, 0.2) is 0 Å². The molecule has 2 heterocycles. The summed E-state index contributed by atoms with van der Waals surface area (Å²) >= 11 is 0. The van der Waals surface area contributed by atoms with Crippen LogP contribution in [0.5, 0.6) is 0 Å². The number of imidazole rings is 1. The zero-order valence-corrected chi connectivity index (χ0v) is 13.6. The molecule has 2 atom stereocenters. The molecule has 1 aliphatic rings. The third kappa shape index (κ3) is 3.25. The second-order valence-electron chi connectivity index (χ2n) is 6.21. The zero-order chi connectivity index (χ0) is 17.2. The van der Waals surface area contributed by atoms with Crippen LogP contribution in [0, 0.1) is 11.6 Å². The van der Waals surface area contributed by atoms with E-state index in [9.17, 15) is 13.9 Å². The molecule has 24 heavy (non-hydrogen) atoms. The first kappa shape index (κ1) is 16.8. The average Bonchev–Trinajstić information content (AvgIpc) is 3.07. The van der Waals surface area contributed by atoms with Gasteiger partial charge >= 0.3 is 0 Å².